The number of ether oxygens (including phenoxy) is 4. The summed E-state index contributed by atoms with van der Waals surface area (Å²) in [6.07, 6.45) is 3.65. The smallest absolute Gasteiger partial charge is 0.368 e. The zero-order valence-electron chi connectivity index (χ0n) is 58.5. The van der Waals surface area contributed by atoms with Crippen LogP contribution in [-0.4, -0.2) is 85.1 Å². The van der Waals surface area contributed by atoms with E-state index in [4.69, 9.17) is 18.9 Å². The monoisotopic (exact) mass is 1750 g/mol. The third kappa shape index (κ3) is 20.4. The second-order valence-electron chi connectivity index (χ2n) is 23.9. The number of alkyl halides is 2. The summed E-state index contributed by atoms with van der Waals surface area (Å²) < 4.78 is 114. The summed E-state index contributed by atoms with van der Waals surface area (Å²) in [6.45, 7) is 6.32. The molecule has 540 valence electrons. The summed E-state index contributed by atoms with van der Waals surface area (Å²) in [5.74, 6) is -4.81. The Labute approximate surface area is 704 Å². The quantitative estimate of drug-likeness (QED) is 0.0479. The third-order valence-corrected chi connectivity index (χ3v) is 16.6. The van der Waals surface area contributed by atoms with E-state index in [-0.39, 0.29) is 215 Å². The number of benzene rings is 8. The van der Waals surface area contributed by atoms with Crippen LogP contribution in [0.4, 0.5) is 26.3 Å². The molecular weight excluding hydrogens is 1690 g/mol. The van der Waals surface area contributed by atoms with Gasteiger partial charge in [0.15, 0.2) is 0 Å². The van der Waals surface area contributed by atoms with Crippen LogP contribution in [0.2, 0.25) is 0 Å². The molecular formula is C72H66F6N16O8Y4-4. The fourth-order valence-corrected chi connectivity index (χ4v) is 11.0. The molecule has 0 aliphatic heterocycles. The number of nitrogens with zero attached hydrogens (tertiary/aromatic N) is 16. The summed E-state index contributed by atoms with van der Waals surface area (Å²) in [5.41, 5.74) is 6.69. The summed E-state index contributed by atoms with van der Waals surface area (Å²) in [6, 6.07) is 49.2. The fourth-order valence-electron chi connectivity index (χ4n) is 11.0. The summed E-state index contributed by atoms with van der Waals surface area (Å²) in [5, 5.41) is 30.4. The second kappa shape index (κ2) is 39.0. The van der Waals surface area contributed by atoms with E-state index in [2.05, 4.69) is 72.9 Å². The van der Waals surface area contributed by atoms with Crippen molar-refractivity contribution in [1.82, 2.24) is 79.2 Å². The second-order valence-corrected chi connectivity index (χ2v) is 23.9. The Bertz CT molecular complexity index is 5060. The molecule has 1 unspecified atom stereocenters. The Hall–Kier alpha value is -7.56. The van der Waals surface area contributed by atoms with Crippen molar-refractivity contribution < 1.29 is 176 Å². The molecule has 14 rings (SSSR count). The molecule has 4 heterocycles. The molecule has 34 heteroatoms. The summed E-state index contributed by atoms with van der Waals surface area (Å²) in [7, 11) is 6.04. The average Bonchev–Trinajstić information content (AvgIpc) is 1.59. The van der Waals surface area contributed by atoms with Gasteiger partial charge in [-0.3, -0.25) is 17.6 Å². The molecule has 2 saturated carbocycles. The summed E-state index contributed by atoms with van der Waals surface area (Å²) >= 11 is 0. The van der Waals surface area contributed by atoms with Gasteiger partial charge in [0.25, 0.3) is 5.92 Å². The molecule has 2 aliphatic rings. The van der Waals surface area contributed by atoms with Crippen molar-refractivity contribution >= 4 is 0 Å². The maximum atomic E-state index is 13.8. The van der Waals surface area contributed by atoms with Crippen LogP contribution in [0.25, 0.3) is 22.7 Å². The topological polar surface area (TPSA) is 248 Å². The first kappa shape index (κ1) is 85.7. The molecule has 24 nitrogen and oxygen atoms in total. The van der Waals surface area contributed by atoms with E-state index in [0.29, 0.717) is 34.1 Å². The zero-order valence-corrected chi connectivity index (χ0v) is 69.8. The van der Waals surface area contributed by atoms with Gasteiger partial charge in [0, 0.05) is 234 Å². The van der Waals surface area contributed by atoms with Crippen LogP contribution in [0.5, 0.6) is 23.0 Å². The van der Waals surface area contributed by atoms with Crippen LogP contribution in [0.1, 0.15) is 109 Å². The van der Waals surface area contributed by atoms with Crippen molar-refractivity contribution in [2.24, 2.45) is 28.2 Å². The minimum absolute atomic E-state index is 0. The van der Waals surface area contributed by atoms with Gasteiger partial charge in [-0.1, -0.05) is 75.7 Å². The predicted molar refractivity (Wildman–Crippen MR) is 357 cm³/mol. The molecule has 0 amide bonds. The molecule has 1 atom stereocenters. The fraction of sp³-hybridized carbons (Fsp3) is 0.278. The van der Waals surface area contributed by atoms with Gasteiger partial charge in [0.05, 0.1) is 28.7 Å². The standard InChI is InChI=1S/C18H14F3N4O2.C18H16FN4O2.2C18H18FN4O2.4Y/c1-24-17(26)25(23-22-24)15-7-4-5-11(13-9-18(13,20)21)12(15)10-27-16-8-3-2-6-14(16)19;1-22-18(24)23(21-20-22)16-7-4-5-13(12-9-10-12)14(16)11-25-17-8-3-2-6-15(17)19;1-12(2)13-7-6-9-16(23-18(24)22(3)20-21-23)14(13)11-25-17-10-5-4-8-15(17)19;1-3-7-13-8-6-10-16(23-18(24)22(2)20-21-23)14(13)12-25-17-11-5-4-9-15(17)19;;;;/h3-8,13H,9-10H2,1H3;3-8,12H,9-11H2,1H3;5-10,12H,11H2,1-3H3;5-6,8-11H,3,7,12H2,1-2H3;;;;/q4*-1;;;;. The third-order valence-electron chi connectivity index (χ3n) is 16.6. The van der Waals surface area contributed by atoms with Gasteiger partial charge in [-0.2, -0.15) is 86.0 Å². The number of rotatable bonds is 21. The van der Waals surface area contributed by atoms with Gasteiger partial charge >= 0.3 is 22.8 Å². The minimum Gasteiger partial charge on any atom is -0.511 e. The van der Waals surface area contributed by atoms with Crippen molar-refractivity contribution in [2.75, 3.05) is 0 Å². The molecule has 4 radical (unpaired) electrons. The van der Waals surface area contributed by atoms with E-state index in [0.717, 1.165) is 83.9 Å². The Kier molecular flexibility index (Phi) is 31.5. The van der Waals surface area contributed by atoms with Gasteiger partial charge < -0.3 is 18.9 Å². The number of tetrazole rings is 4. The van der Waals surface area contributed by atoms with E-state index in [1.165, 1.54) is 88.4 Å². The van der Waals surface area contributed by atoms with Crippen LogP contribution in [0, 0.1) is 47.5 Å². The normalized spacial score (nSPS) is 12.9. The van der Waals surface area contributed by atoms with Gasteiger partial charge in [-0.05, 0) is 119 Å². The van der Waals surface area contributed by atoms with Gasteiger partial charge in [0.2, 0.25) is 0 Å². The van der Waals surface area contributed by atoms with E-state index >= 15 is 0 Å². The first-order valence-electron chi connectivity index (χ1n) is 32.1. The molecule has 2 fully saturated rings. The van der Waals surface area contributed by atoms with Gasteiger partial charge in [-0.15, -0.1) is 48.5 Å². The van der Waals surface area contributed by atoms with Crippen LogP contribution in [0.3, 0.4) is 0 Å². The Balaban J connectivity index is 0.000000195. The molecule has 8 aromatic carbocycles. The number of halogens is 6. The van der Waals surface area contributed by atoms with Gasteiger partial charge in [0.1, 0.15) is 26.4 Å². The minimum atomic E-state index is -2.81. The van der Waals surface area contributed by atoms with Crippen LogP contribution >= 0.6 is 0 Å². The number of hydrogen-bond acceptors (Lipinski definition) is 16. The van der Waals surface area contributed by atoms with E-state index in [9.17, 15) is 45.5 Å². The van der Waals surface area contributed by atoms with Gasteiger partial charge in [-0.25, -0.2) is 28.0 Å². The average molecular weight is 1750 g/mol. The first-order valence-corrected chi connectivity index (χ1v) is 32.1. The SMILES string of the molecule is CC(C)c1cccc(-n2nnn(C)c2=O)c1COc1cc[c-]cc1F.CCCc1cccc(-n2nnn(C)c2=O)c1COc1cc[c-]cc1F.Cn1nnn(-c2cccc(C3CC3(F)F)c2COc2cc[c-]cc2F)c1=O.Cn1nnn(-c2cccc(C3CC3)c2COc2cc[c-]cc2F)c1=O.[Y].[Y].[Y].[Y]. The first-order chi connectivity index (χ1) is 49.1. The van der Waals surface area contributed by atoms with Crippen molar-refractivity contribution in [2.45, 2.75) is 103 Å². The van der Waals surface area contributed by atoms with Crippen LogP contribution in [-0.2, 0) is 192 Å². The molecule has 106 heavy (non-hydrogen) atoms. The number of aromatic nitrogens is 16. The molecule has 0 N–H and O–H groups in total. The maximum Gasteiger partial charge on any atom is 0.368 e. The van der Waals surface area contributed by atoms with Crippen molar-refractivity contribution in [3.63, 3.8) is 0 Å². The van der Waals surface area contributed by atoms with Crippen molar-refractivity contribution in [3.8, 4) is 45.7 Å². The molecule has 12 aromatic rings. The Morgan fingerprint density at radius 3 is 1.08 bits per heavy atom. The molecule has 0 bridgehead atoms. The zero-order chi connectivity index (χ0) is 72.4. The molecule has 0 spiro atoms. The summed E-state index contributed by atoms with van der Waals surface area (Å²) in [4.78, 5) is 48.9. The maximum absolute atomic E-state index is 13.8. The van der Waals surface area contributed by atoms with E-state index < -0.39 is 40.8 Å². The largest absolute Gasteiger partial charge is 0.511 e. The Morgan fingerprint density at radius 1 is 0.443 bits per heavy atom. The predicted octanol–water partition coefficient (Wildman–Crippen LogP) is 10.0. The van der Waals surface area contributed by atoms with Crippen molar-refractivity contribution in [3.05, 3.63) is 280 Å². The van der Waals surface area contributed by atoms with E-state index in [1.54, 1.807) is 61.6 Å². The van der Waals surface area contributed by atoms with Crippen LogP contribution < -0.4 is 41.7 Å². The molecule has 4 aromatic heterocycles. The number of hydrogen-bond donors (Lipinski definition) is 0. The van der Waals surface area contributed by atoms with Crippen molar-refractivity contribution in [1.29, 1.82) is 0 Å². The number of aryl methyl sites for hydroxylation is 5. The molecule has 2 aliphatic carbocycles. The van der Waals surface area contributed by atoms with E-state index in [1.807, 2.05) is 50.2 Å². The Morgan fingerprint density at radius 2 is 0.755 bits per heavy atom. The van der Waals surface area contributed by atoms with Crippen LogP contribution in [0.15, 0.2) is 165 Å². The molecule has 0 saturated heterocycles.